The van der Waals surface area contributed by atoms with Crippen molar-refractivity contribution >= 4 is 5.69 Å². The number of benzene rings is 1. The first kappa shape index (κ1) is 13.2. The molecule has 1 nitrogen and oxygen atoms in total. The third kappa shape index (κ3) is 2.98. The van der Waals surface area contributed by atoms with Gasteiger partial charge < -0.3 is 5.32 Å². The van der Waals surface area contributed by atoms with Crippen LogP contribution in [0.2, 0.25) is 0 Å². The fraction of sp³-hybridized carbons (Fsp3) is 0.571. The molecule has 0 spiro atoms. The van der Waals surface area contributed by atoms with Crippen LogP contribution < -0.4 is 5.32 Å². The van der Waals surface area contributed by atoms with Crippen molar-refractivity contribution in [1.82, 2.24) is 0 Å². The van der Waals surface area contributed by atoms with Gasteiger partial charge in [-0.25, -0.2) is 13.2 Å². The summed E-state index contributed by atoms with van der Waals surface area (Å²) in [6.45, 7) is 4.45. The fourth-order valence-corrected chi connectivity index (χ4v) is 2.42. The molecule has 0 aromatic heterocycles. The van der Waals surface area contributed by atoms with E-state index in [0.717, 1.165) is 37.8 Å². The van der Waals surface area contributed by atoms with E-state index >= 15 is 0 Å². The Morgan fingerprint density at radius 2 is 1.56 bits per heavy atom. The highest BCUT2D eigenvalue weighted by Gasteiger charge is 2.26. The number of anilines is 1. The van der Waals surface area contributed by atoms with Crippen molar-refractivity contribution in [2.75, 3.05) is 5.32 Å². The van der Waals surface area contributed by atoms with Gasteiger partial charge in [0.05, 0.1) is 0 Å². The molecule has 0 atom stereocenters. The predicted octanol–water partition coefficient (Wildman–Crippen LogP) is 4.48. The van der Waals surface area contributed by atoms with Gasteiger partial charge in [0.25, 0.3) is 0 Å². The molecule has 100 valence electrons. The average Bonchev–Trinajstić information content (AvgIpc) is 2.29. The molecule has 1 fully saturated rings. The second kappa shape index (κ2) is 4.82. The standard InChI is InChI=1S/C14H18F3N/c1-14(2)5-3-9(4-6-14)18-10-7-11(15)13(17)12(16)8-10/h7-9,18H,3-6H2,1-2H3. The maximum absolute atomic E-state index is 13.1. The highest BCUT2D eigenvalue weighted by molar-refractivity contribution is 5.45. The van der Waals surface area contributed by atoms with Crippen molar-refractivity contribution in [2.24, 2.45) is 5.41 Å². The third-order valence-corrected chi connectivity index (χ3v) is 3.69. The van der Waals surface area contributed by atoms with Crippen LogP contribution in [-0.2, 0) is 0 Å². The lowest BCUT2D eigenvalue weighted by molar-refractivity contribution is 0.232. The van der Waals surface area contributed by atoms with Crippen LogP contribution in [0.25, 0.3) is 0 Å². The Morgan fingerprint density at radius 3 is 2.06 bits per heavy atom. The second-order valence-corrected chi connectivity index (χ2v) is 5.84. The maximum atomic E-state index is 13.1. The molecule has 0 amide bonds. The average molecular weight is 257 g/mol. The Morgan fingerprint density at radius 1 is 1.06 bits per heavy atom. The van der Waals surface area contributed by atoms with Gasteiger partial charge in [0, 0.05) is 23.9 Å². The summed E-state index contributed by atoms with van der Waals surface area (Å²) in [5, 5.41) is 3.08. The van der Waals surface area contributed by atoms with Crippen molar-refractivity contribution < 1.29 is 13.2 Å². The first-order chi connectivity index (χ1) is 8.37. The zero-order chi connectivity index (χ0) is 13.3. The van der Waals surface area contributed by atoms with Crippen molar-refractivity contribution in [2.45, 2.75) is 45.6 Å². The maximum Gasteiger partial charge on any atom is 0.194 e. The fourth-order valence-electron chi connectivity index (χ4n) is 2.42. The smallest absolute Gasteiger partial charge is 0.194 e. The molecule has 1 aromatic rings. The van der Waals surface area contributed by atoms with Gasteiger partial charge in [-0.05, 0) is 31.1 Å². The first-order valence-corrected chi connectivity index (χ1v) is 6.28. The molecule has 1 aliphatic rings. The van der Waals surface area contributed by atoms with Crippen LogP contribution in [0.1, 0.15) is 39.5 Å². The van der Waals surface area contributed by atoms with Gasteiger partial charge >= 0.3 is 0 Å². The lowest BCUT2D eigenvalue weighted by Gasteiger charge is -2.35. The molecule has 1 aliphatic carbocycles. The Labute approximate surface area is 105 Å². The van der Waals surface area contributed by atoms with Gasteiger partial charge in [0.15, 0.2) is 17.5 Å². The zero-order valence-corrected chi connectivity index (χ0v) is 10.7. The molecule has 0 bridgehead atoms. The molecule has 18 heavy (non-hydrogen) atoms. The SMILES string of the molecule is CC1(C)CCC(Nc2cc(F)c(F)c(F)c2)CC1. The zero-order valence-electron chi connectivity index (χ0n) is 10.7. The minimum Gasteiger partial charge on any atom is -0.382 e. The summed E-state index contributed by atoms with van der Waals surface area (Å²) < 4.78 is 38.9. The summed E-state index contributed by atoms with van der Waals surface area (Å²) in [6, 6.07) is 2.23. The monoisotopic (exact) mass is 257 g/mol. The summed E-state index contributed by atoms with van der Waals surface area (Å²) >= 11 is 0. The predicted molar refractivity (Wildman–Crippen MR) is 66.0 cm³/mol. The Kier molecular flexibility index (Phi) is 3.55. The van der Waals surface area contributed by atoms with E-state index in [0.29, 0.717) is 11.1 Å². The van der Waals surface area contributed by atoms with E-state index in [1.165, 1.54) is 0 Å². The van der Waals surface area contributed by atoms with E-state index in [-0.39, 0.29) is 6.04 Å². The van der Waals surface area contributed by atoms with Gasteiger partial charge in [-0.3, -0.25) is 0 Å². The van der Waals surface area contributed by atoms with Crippen LogP contribution in [0, 0.1) is 22.9 Å². The largest absolute Gasteiger partial charge is 0.382 e. The van der Waals surface area contributed by atoms with Gasteiger partial charge in [0.1, 0.15) is 0 Å². The van der Waals surface area contributed by atoms with Crippen LogP contribution in [0.15, 0.2) is 12.1 Å². The van der Waals surface area contributed by atoms with Gasteiger partial charge in [0.2, 0.25) is 0 Å². The van der Waals surface area contributed by atoms with Crippen LogP contribution in [0.3, 0.4) is 0 Å². The molecule has 0 radical (unpaired) electrons. The van der Waals surface area contributed by atoms with E-state index in [1.54, 1.807) is 0 Å². The highest BCUT2D eigenvalue weighted by atomic mass is 19.2. The number of hydrogen-bond donors (Lipinski definition) is 1. The lowest BCUT2D eigenvalue weighted by Crippen LogP contribution is -2.29. The molecule has 0 unspecified atom stereocenters. The number of rotatable bonds is 2. The van der Waals surface area contributed by atoms with E-state index in [1.807, 2.05) is 0 Å². The molecule has 0 saturated heterocycles. The Bertz CT molecular complexity index is 410. The molecule has 0 aliphatic heterocycles. The Balaban J connectivity index is 2.03. The van der Waals surface area contributed by atoms with Crippen LogP contribution >= 0.6 is 0 Å². The van der Waals surface area contributed by atoms with Crippen molar-refractivity contribution in [3.8, 4) is 0 Å². The van der Waals surface area contributed by atoms with E-state index in [2.05, 4.69) is 19.2 Å². The molecule has 0 heterocycles. The molecule has 2 rings (SSSR count). The minimum atomic E-state index is -1.41. The number of halogens is 3. The molecule has 1 aromatic carbocycles. The quantitative estimate of drug-likeness (QED) is 0.770. The molecular weight excluding hydrogens is 239 g/mol. The molecular formula is C14H18F3N. The van der Waals surface area contributed by atoms with Crippen molar-refractivity contribution in [1.29, 1.82) is 0 Å². The normalized spacial score (nSPS) is 19.8. The van der Waals surface area contributed by atoms with Crippen LogP contribution in [0.4, 0.5) is 18.9 Å². The summed E-state index contributed by atoms with van der Waals surface area (Å²) in [6.07, 6.45) is 4.09. The van der Waals surface area contributed by atoms with Crippen LogP contribution in [-0.4, -0.2) is 6.04 Å². The van der Waals surface area contributed by atoms with E-state index in [9.17, 15) is 13.2 Å². The number of nitrogens with one attached hydrogen (secondary N) is 1. The highest BCUT2D eigenvalue weighted by Crippen LogP contribution is 2.36. The number of hydrogen-bond acceptors (Lipinski definition) is 1. The second-order valence-electron chi connectivity index (χ2n) is 5.84. The summed E-state index contributed by atoms with van der Waals surface area (Å²) in [4.78, 5) is 0. The van der Waals surface area contributed by atoms with Crippen molar-refractivity contribution in [3.05, 3.63) is 29.6 Å². The summed E-state index contributed by atoms with van der Waals surface area (Å²) in [5.74, 6) is -3.70. The Hall–Kier alpha value is -1.19. The molecule has 1 saturated carbocycles. The molecule has 4 heteroatoms. The van der Waals surface area contributed by atoms with E-state index < -0.39 is 17.5 Å². The van der Waals surface area contributed by atoms with Gasteiger partial charge in [-0.2, -0.15) is 0 Å². The van der Waals surface area contributed by atoms with Crippen LogP contribution in [0.5, 0.6) is 0 Å². The third-order valence-electron chi connectivity index (χ3n) is 3.69. The minimum absolute atomic E-state index is 0.210. The molecule has 1 N–H and O–H groups in total. The van der Waals surface area contributed by atoms with Gasteiger partial charge in [-0.1, -0.05) is 13.8 Å². The van der Waals surface area contributed by atoms with Gasteiger partial charge in [-0.15, -0.1) is 0 Å². The van der Waals surface area contributed by atoms with Crippen molar-refractivity contribution in [3.63, 3.8) is 0 Å². The summed E-state index contributed by atoms with van der Waals surface area (Å²) in [7, 11) is 0. The summed E-state index contributed by atoms with van der Waals surface area (Å²) in [5.41, 5.74) is 0.661. The topological polar surface area (TPSA) is 12.0 Å². The lowest BCUT2D eigenvalue weighted by atomic mass is 9.75. The first-order valence-electron chi connectivity index (χ1n) is 6.28. The van der Waals surface area contributed by atoms with E-state index in [4.69, 9.17) is 0 Å².